The van der Waals surface area contributed by atoms with Gasteiger partial charge in [0.05, 0.1) is 23.4 Å². The molecule has 1 aromatic heterocycles. The molecule has 4 amide bonds. The minimum Gasteiger partial charge on any atom is -0.465 e. The summed E-state index contributed by atoms with van der Waals surface area (Å²) < 4.78 is 5.73. The van der Waals surface area contributed by atoms with Crippen molar-refractivity contribution >= 4 is 58.3 Å². The van der Waals surface area contributed by atoms with Gasteiger partial charge in [-0.2, -0.15) is 0 Å². The maximum absolute atomic E-state index is 13.8. The number of carbonyl (C=O) groups is 4. The van der Waals surface area contributed by atoms with Crippen LogP contribution in [0.5, 0.6) is 0 Å². The second-order valence-electron chi connectivity index (χ2n) is 9.31. The third-order valence-corrected chi connectivity index (χ3v) is 7.72. The zero-order chi connectivity index (χ0) is 27.7. The number of aromatic nitrogens is 1. The number of rotatable bonds is 6. The van der Waals surface area contributed by atoms with E-state index in [-0.39, 0.29) is 24.4 Å². The van der Waals surface area contributed by atoms with Crippen LogP contribution >= 0.6 is 22.9 Å². The van der Waals surface area contributed by atoms with Gasteiger partial charge in [0.25, 0.3) is 5.91 Å². The minimum atomic E-state index is -1.13. The molecule has 0 saturated carbocycles. The Kier molecular flexibility index (Phi) is 7.15. The molecule has 2 aliphatic heterocycles. The third-order valence-electron chi connectivity index (χ3n) is 6.84. The summed E-state index contributed by atoms with van der Waals surface area (Å²) in [7, 11) is 1.40. The Hall–Kier alpha value is -4.16. The molecule has 2 aliphatic rings. The molecule has 3 N–H and O–H groups in total. The molecule has 39 heavy (non-hydrogen) atoms. The standard InChI is InChI=1S/C26H24ClN5O6S/c1-31(25(36)37)18-5-2-15(3-6-18)22(33)29-21(11-17-12-39-14-28-17)23(34)32-9-8-26(13-32)19-10-16(27)4-7-20(19)30-24(35)38-26/h2-7,10,12,14,21H,8-9,11,13H2,1H3,(H,29,33)(H,30,35)(H,36,37)/t21-,26?/m0/s1. The second kappa shape index (κ2) is 10.5. The van der Waals surface area contributed by atoms with Crippen LogP contribution in [0, 0.1) is 0 Å². The van der Waals surface area contributed by atoms with E-state index in [9.17, 15) is 19.2 Å². The number of thiazole rings is 1. The first-order chi connectivity index (χ1) is 18.6. The first-order valence-corrected chi connectivity index (χ1v) is 13.3. The molecule has 0 bridgehead atoms. The first kappa shape index (κ1) is 26.4. The van der Waals surface area contributed by atoms with Gasteiger partial charge in [0.15, 0.2) is 5.60 Å². The molecule has 13 heteroatoms. The van der Waals surface area contributed by atoms with Crippen LogP contribution in [0.3, 0.4) is 0 Å². The van der Waals surface area contributed by atoms with Crippen LogP contribution in [0.15, 0.2) is 53.4 Å². The predicted molar refractivity (Wildman–Crippen MR) is 144 cm³/mol. The number of anilines is 2. The normalized spacial score (nSPS) is 18.6. The SMILES string of the molecule is CN(C(=O)O)c1ccc(C(=O)N[C@@H](Cc2cscn2)C(=O)N2CCC3(C2)OC(=O)Nc2ccc(Cl)cc23)cc1. The number of nitrogens with zero attached hydrogens (tertiary/aromatic N) is 3. The summed E-state index contributed by atoms with van der Waals surface area (Å²) in [6.07, 6.45) is -1.20. The van der Waals surface area contributed by atoms with Gasteiger partial charge in [-0.3, -0.25) is 19.8 Å². The van der Waals surface area contributed by atoms with E-state index >= 15 is 0 Å². The van der Waals surface area contributed by atoms with Gasteiger partial charge in [-0.1, -0.05) is 11.6 Å². The van der Waals surface area contributed by atoms with Gasteiger partial charge in [-0.15, -0.1) is 11.3 Å². The summed E-state index contributed by atoms with van der Waals surface area (Å²) in [6, 6.07) is 10.2. The van der Waals surface area contributed by atoms with Gasteiger partial charge in [-0.05, 0) is 42.5 Å². The number of nitrogens with one attached hydrogen (secondary N) is 2. The van der Waals surface area contributed by atoms with Crippen LogP contribution in [0.4, 0.5) is 21.0 Å². The van der Waals surface area contributed by atoms with Crippen molar-refractivity contribution in [2.24, 2.45) is 0 Å². The summed E-state index contributed by atoms with van der Waals surface area (Å²) in [5, 5.41) is 16.9. The molecule has 5 rings (SSSR count). The Morgan fingerprint density at radius 3 is 2.74 bits per heavy atom. The second-order valence-corrected chi connectivity index (χ2v) is 10.5. The number of ether oxygens (including phenoxy) is 1. The lowest BCUT2D eigenvalue weighted by atomic mass is 9.90. The van der Waals surface area contributed by atoms with E-state index in [1.54, 1.807) is 34.0 Å². The Morgan fingerprint density at radius 1 is 1.28 bits per heavy atom. The lowest BCUT2D eigenvalue weighted by molar-refractivity contribution is -0.133. The number of hydrogen-bond acceptors (Lipinski definition) is 7. The van der Waals surface area contributed by atoms with E-state index in [1.807, 2.05) is 0 Å². The largest absolute Gasteiger partial charge is 0.465 e. The topological polar surface area (TPSA) is 141 Å². The first-order valence-electron chi connectivity index (χ1n) is 12.0. The van der Waals surface area contributed by atoms with Crippen molar-refractivity contribution in [3.05, 3.63) is 75.2 Å². The summed E-state index contributed by atoms with van der Waals surface area (Å²) >= 11 is 7.61. The third kappa shape index (κ3) is 5.38. The van der Waals surface area contributed by atoms with E-state index < -0.39 is 29.7 Å². The fraction of sp³-hybridized carbons (Fsp3) is 0.269. The molecular weight excluding hydrogens is 546 g/mol. The number of carboxylic acid groups (broad SMARTS) is 1. The van der Waals surface area contributed by atoms with E-state index in [4.69, 9.17) is 21.4 Å². The minimum absolute atomic E-state index is 0.103. The molecule has 11 nitrogen and oxygen atoms in total. The average Bonchev–Trinajstić information content (AvgIpc) is 3.58. The van der Waals surface area contributed by atoms with Crippen molar-refractivity contribution in [1.29, 1.82) is 0 Å². The number of hydrogen-bond donors (Lipinski definition) is 3. The quantitative estimate of drug-likeness (QED) is 0.408. The molecule has 0 aliphatic carbocycles. The Bertz CT molecular complexity index is 1430. The van der Waals surface area contributed by atoms with Crippen molar-refractivity contribution < 1.29 is 29.0 Å². The average molecular weight is 570 g/mol. The zero-order valence-electron chi connectivity index (χ0n) is 20.7. The van der Waals surface area contributed by atoms with Crippen LogP contribution in [0.2, 0.25) is 5.02 Å². The predicted octanol–water partition coefficient (Wildman–Crippen LogP) is 3.94. The highest BCUT2D eigenvalue weighted by molar-refractivity contribution is 7.07. The van der Waals surface area contributed by atoms with Gasteiger partial charge < -0.3 is 20.1 Å². The zero-order valence-corrected chi connectivity index (χ0v) is 22.3. The van der Waals surface area contributed by atoms with Gasteiger partial charge in [0.1, 0.15) is 6.04 Å². The molecule has 2 aromatic carbocycles. The Balaban J connectivity index is 1.36. The van der Waals surface area contributed by atoms with Crippen LogP contribution in [-0.2, 0) is 21.6 Å². The molecule has 202 valence electrons. The fourth-order valence-corrected chi connectivity index (χ4v) is 5.54. The molecule has 1 saturated heterocycles. The Morgan fingerprint density at radius 2 is 2.05 bits per heavy atom. The lowest BCUT2D eigenvalue weighted by Crippen LogP contribution is -2.50. The number of fused-ring (bicyclic) bond motifs is 2. The van der Waals surface area contributed by atoms with Gasteiger partial charge in [0, 0.05) is 53.7 Å². The molecule has 3 heterocycles. The summed E-state index contributed by atoms with van der Waals surface area (Å²) in [5.74, 6) is -0.832. The van der Waals surface area contributed by atoms with E-state index in [0.29, 0.717) is 40.6 Å². The maximum Gasteiger partial charge on any atom is 0.412 e. The number of halogens is 1. The van der Waals surface area contributed by atoms with Crippen molar-refractivity contribution in [1.82, 2.24) is 15.2 Å². The summed E-state index contributed by atoms with van der Waals surface area (Å²) in [6.45, 7) is 0.407. The van der Waals surface area contributed by atoms with Gasteiger partial charge in [0.2, 0.25) is 5.91 Å². The van der Waals surface area contributed by atoms with Crippen molar-refractivity contribution in [2.75, 3.05) is 30.4 Å². The van der Waals surface area contributed by atoms with Crippen LogP contribution in [-0.4, -0.2) is 65.2 Å². The van der Waals surface area contributed by atoms with Crippen molar-refractivity contribution in [2.45, 2.75) is 24.5 Å². The summed E-state index contributed by atoms with van der Waals surface area (Å²) in [4.78, 5) is 57.3. The van der Waals surface area contributed by atoms with Gasteiger partial charge >= 0.3 is 12.2 Å². The molecule has 3 aromatic rings. The van der Waals surface area contributed by atoms with Crippen LogP contribution in [0.25, 0.3) is 0 Å². The maximum atomic E-state index is 13.8. The van der Waals surface area contributed by atoms with E-state index in [0.717, 1.165) is 4.90 Å². The Labute approximate surface area is 232 Å². The molecule has 0 radical (unpaired) electrons. The van der Waals surface area contributed by atoms with E-state index in [2.05, 4.69) is 15.6 Å². The van der Waals surface area contributed by atoms with Gasteiger partial charge in [-0.25, -0.2) is 14.6 Å². The highest BCUT2D eigenvalue weighted by Crippen LogP contribution is 2.43. The van der Waals surface area contributed by atoms with Crippen molar-refractivity contribution in [3.63, 3.8) is 0 Å². The lowest BCUT2D eigenvalue weighted by Gasteiger charge is -2.35. The highest BCUT2D eigenvalue weighted by atomic mass is 35.5. The smallest absolute Gasteiger partial charge is 0.412 e. The monoisotopic (exact) mass is 569 g/mol. The number of amides is 4. The van der Waals surface area contributed by atoms with Crippen LogP contribution in [0.1, 0.15) is 28.0 Å². The number of carbonyl (C=O) groups excluding carboxylic acids is 3. The molecule has 1 spiro atoms. The van der Waals surface area contributed by atoms with Crippen LogP contribution < -0.4 is 15.5 Å². The van der Waals surface area contributed by atoms with E-state index in [1.165, 1.54) is 42.6 Å². The highest BCUT2D eigenvalue weighted by Gasteiger charge is 2.49. The molecular formula is C26H24ClN5O6S. The van der Waals surface area contributed by atoms with Crippen molar-refractivity contribution in [3.8, 4) is 0 Å². The summed E-state index contributed by atoms with van der Waals surface area (Å²) in [5.41, 5.74) is 3.17. The fourth-order valence-electron chi connectivity index (χ4n) is 4.80. The number of likely N-dealkylation sites (tertiary alicyclic amines) is 1. The number of benzene rings is 2. The molecule has 1 fully saturated rings. The molecule has 1 unspecified atom stereocenters. The molecule has 2 atom stereocenters.